The van der Waals surface area contributed by atoms with Crippen LogP contribution in [0.1, 0.15) is 98.8 Å². The number of aliphatic hydroxyl groups excluding tert-OH is 1. The summed E-state index contributed by atoms with van der Waals surface area (Å²) >= 11 is 0. The lowest BCUT2D eigenvalue weighted by molar-refractivity contribution is -0.175. The number of ketones is 1. The van der Waals surface area contributed by atoms with Gasteiger partial charge in [0.2, 0.25) is 0 Å². The number of methoxy groups -OCH3 is 1. The van der Waals surface area contributed by atoms with Gasteiger partial charge in [-0.05, 0) is 105 Å². The second-order valence-electron chi connectivity index (χ2n) is 15.4. The topological polar surface area (TPSA) is 110 Å². The summed E-state index contributed by atoms with van der Waals surface area (Å²) in [6.45, 7) is 11.0. The largest absolute Gasteiger partial charge is 0.481 e. The number of carbonyl (C=O) groups is 3. The summed E-state index contributed by atoms with van der Waals surface area (Å²) in [5, 5.41) is 21.4. The molecule has 0 radical (unpaired) electrons. The smallest absolute Gasteiger partial charge is 0.331 e. The lowest BCUT2D eigenvalue weighted by atomic mass is 9.41. The van der Waals surface area contributed by atoms with Gasteiger partial charge in [-0.2, -0.15) is 0 Å². The van der Waals surface area contributed by atoms with Gasteiger partial charge in [-0.1, -0.05) is 39.7 Å². The van der Waals surface area contributed by atoms with E-state index in [1.807, 2.05) is 13.0 Å². The highest BCUT2D eigenvalue weighted by Crippen LogP contribution is 2.70. The van der Waals surface area contributed by atoms with Crippen LogP contribution < -0.4 is 0 Å². The third kappa shape index (κ3) is 4.31. The molecule has 0 heterocycles. The number of hydrogen-bond acceptors (Lipinski definition) is 6. The Labute approximate surface area is 239 Å². The van der Waals surface area contributed by atoms with Gasteiger partial charge in [0.15, 0.2) is 5.78 Å². The number of aliphatic hydroxyl groups is 1. The summed E-state index contributed by atoms with van der Waals surface area (Å²) in [5.41, 5.74) is -0.495. The Morgan fingerprint density at radius 1 is 1.00 bits per heavy atom. The first-order valence-corrected chi connectivity index (χ1v) is 15.5. The molecule has 7 heteroatoms. The molecule has 0 spiro atoms. The number of esters is 1. The summed E-state index contributed by atoms with van der Waals surface area (Å²) in [6, 6.07) is 0. The number of rotatable bonds is 5. The van der Waals surface area contributed by atoms with Gasteiger partial charge in [-0.3, -0.25) is 9.59 Å². The first-order valence-electron chi connectivity index (χ1n) is 15.5. The molecule has 0 aromatic rings. The van der Waals surface area contributed by atoms with Crippen LogP contribution in [0.15, 0.2) is 11.6 Å². The second kappa shape index (κ2) is 9.93. The monoisotopic (exact) mass is 558 g/mol. The molecule has 10 atom stereocenters. The number of aliphatic carboxylic acids is 1. The van der Waals surface area contributed by atoms with Gasteiger partial charge in [0.05, 0.1) is 25.2 Å². The summed E-state index contributed by atoms with van der Waals surface area (Å²) in [4.78, 5) is 38.5. The van der Waals surface area contributed by atoms with Crippen molar-refractivity contribution in [2.75, 3.05) is 20.3 Å². The molecule has 4 fully saturated rings. The molecule has 2 N–H and O–H groups in total. The normalized spacial score (nSPS) is 48.4. The SMILES string of the molecule is COC(=O)COC[C@@]1(C)C2CCC[C@H]3[C@H](C(=O)C=C4[C@@H]5C[C@@](C)(C(=O)O)CC[C@]5(C)CC[C@]43C)[C@@]2(C)CC[C@@H]1O. The molecule has 0 saturated heterocycles. The molecule has 0 aromatic heterocycles. The average molecular weight is 559 g/mol. The number of fused-ring (bicyclic) bond motifs is 7. The quantitative estimate of drug-likeness (QED) is 0.424. The first-order chi connectivity index (χ1) is 18.6. The van der Waals surface area contributed by atoms with E-state index in [0.29, 0.717) is 19.3 Å². The van der Waals surface area contributed by atoms with E-state index < -0.39 is 28.9 Å². The van der Waals surface area contributed by atoms with Crippen molar-refractivity contribution in [2.45, 2.75) is 105 Å². The van der Waals surface area contributed by atoms with Gasteiger partial charge in [-0.25, -0.2) is 4.79 Å². The second-order valence-corrected chi connectivity index (χ2v) is 15.4. The van der Waals surface area contributed by atoms with Crippen molar-refractivity contribution in [3.63, 3.8) is 0 Å². The van der Waals surface area contributed by atoms with Gasteiger partial charge < -0.3 is 19.7 Å². The molecule has 0 bridgehead atoms. The van der Waals surface area contributed by atoms with Crippen molar-refractivity contribution >= 4 is 17.7 Å². The molecular formula is C33H50O7. The minimum atomic E-state index is -0.755. The van der Waals surface area contributed by atoms with E-state index in [2.05, 4.69) is 27.7 Å². The molecule has 5 aliphatic rings. The summed E-state index contributed by atoms with van der Waals surface area (Å²) in [6.07, 6.45) is 9.94. The minimum Gasteiger partial charge on any atom is -0.481 e. The zero-order chi connectivity index (χ0) is 29.3. The fraction of sp³-hybridized carbons (Fsp3) is 0.848. The molecule has 7 nitrogen and oxygen atoms in total. The maximum absolute atomic E-state index is 14.4. The van der Waals surface area contributed by atoms with Crippen molar-refractivity contribution < 1.29 is 34.1 Å². The van der Waals surface area contributed by atoms with Crippen LogP contribution in [0.5, 0.6) is 0 Å². The molecule has 5 aliphatic carbocycles. The first kappa shape index (κ1) is 29.8. The van der Waals surface area contributed by atoms with E-state index in [4.69, 9.17) is 9.47 Å². The number of hydrogen-bond donors (Lipinski definition) is 2. The van der Waals surface area contributed by atoms with Gasteiger partial charge in [0.1, 0.15) is 6.61 Å². The predicted molar refractivity (Wildman–Crippen MR) is 150 cm³/mol. The van der Waals surface area contributed by atoms with E-state index in [9.17, 15) is 24.6 Å². The van der Waals surface area contributed by atoms with Gasteiger partial charge in [0.25, 0.3) is 0 Å². The van der Waals surface area contributed by atoms with Crippen LogP contribution in [-0.4, -0.2) is 54.4 Å². The van der Waals surface area contributed by atoms with E-state index in [1.165, 1.54) is 12.7 Å². The molecule has 0 amide bonds. The molecule has 40 heavy (non-hydrogen) atoms. The number of carboxylic acids is 1. The molecule has 4 saturated carbocycles. The Morgan fingerprint density at radius 2 is 1.70 bits per heavy atom. The minimum absolute atomic E-state index is 0.0368. The van der Waals surface area contributed by atoms with Crippen LogP contribution in [0.4, 0.5) is 0 Å². The summed E-state index contributed by atoms with van der Waals surface area (Å²) in [7, 11) is 1.34. The lowest BCUT2D eigenvalue weighted by Gasteiger charge is -2.63. The van der Waals surface area contributed by atoms with E-state index in [-0.39, 0.29) is 58.9 Å². The fourth-order valence-corrected chi connectivity index (χ4v) is 10.5. The Hall–Kier alpha value is -1.73. The van der Waals surface area contributed by atoms with E-state index in [1.54, 1.807) is 0 Å². The Balaban J connectivity index is 1.52. The third-order valence-corrected chi connectivity index (χ3v) is 13.2. The molecule has 5 rings (SSSR count). The van der Waals surface area contributed by atoms with Gasteiger partial charge in [0, 0.05) is 11.3 Å². The summed E-state index contributed by atoms with van der Waals surface area (Å²) < 4.78 is 10.6. The van der Waals surface area contributed by atoms with Crippen LogP contribution in [0.3, 0.4) is 0 Å². The maximum atomic E-state index is 14.4. The number of ether oxygens (including phenoxy) is 2. The average Bonchev–Trinajstić information content (AvgIpc) is 3.07. The third-order valence-electron chi connectivity index (χ3n) is 13.2. The van der Waals surface area contributed by atoms with Gasteiger partial charge in [-0.15, -0.1) is 0 Å². The van der Waals surface area contributed by atoms with Crippen molar-refractivity contribution in [3.8, 4) is 0 Å². The highest BCUT2D eigenvalue weighted by Gasteiger charge is 2.65. The molecular weight excluding hydrogens is 508 g/mol. The van der Waals surface area contributed by atoms with Crippen molar-refractivity contribution in [1.82, 2.24) is 0 Å². The molecule has 0 aromatic carbocycles. The number of carboxylic acid groups (broad SMARTS) is 1. The molecule has 0 aliphatic heterocycles. The van der Waals surface area contributed by atoms with Crippen LogP contribution >= 0.6 is 0 Å². The standard InChI is InChI=1S/C33H50O7/c1-29-12-13-30(2,28(37)38)17-22(29)21-16-23(34)27-20(31(21,3)15-14-29)8-7-9-24-32(27,4)11-10-25(35)33(24,5)19-40-18-26(36)39-6/h16,20,22,24-25,27,35H,7-15,17-19H2,1-6H3,(H,37,38)/t20-,22-,24?,25-,27+,29+,30-,31-,32-,33-/m0/s1. The molecule has 1 unspecified atom stereocenters. The van der Waals surface area contributed by atoms with Gasteiger partial charge >= 0.3 is 11.9 Å². The number of allylic oxidation sites excluding steroid dienone is 2. The predicted octanol–water partition coefficient (Wildman–Crippen LogP) is 5.58. The Bertz CT molecular complexity index is 1100. The fourth-order valence-electron chi connectivity index (χ4n) is 10.5. The highest BCUT2D eigenvalue weighted by molar-refractivity contribution is 5.95. The van der Waals surface area contributed by atoms with Crippen LogP contribution in [0.2, 0.25) is 0 Å². The maximum Gasteiger partial charge on any atom is 0.331 e. The Kier molecular flexibility index (Phi) is 7.39. The van der Waals surface area contributed by atoms with Crippen molar-refractivity contribution in [1.29, 1.82) is 0 Å². The summed E-state index contributed by atoms with van der Waals surface area (Å²) in [5.74, 6) is -0.694. The Morgan fingerprint density at radius 3 is 2.38 bits per heavy atom. The highest BCUT2D eigenvalue weighted by atomic mass is 16.6. The van der Waals surface area contributed by atoms with Crippen LogP contribution in [0, 0.1) is 50.7 Å². The lowest BCUT2D eigenvalue weighted by Crippen LogP contribution is -2.60. The zero-order valence-electron chi connectivity index (χ0n) is 25.4. The zero-order valence-corrected chi connectivity index (χ0v) is 25.4. The van der Waals surface area contributed by atoms with E-state index >= 15 is 0 Å². The van der Waals surface area contributed by atoms with Crippen molar-refractivity contribution in [2.24, 2.45) is 50.7 Å². The van der Waals surface area contributed by atoms with Crippen LogP contribution in [-0.2, 0) is 23.9 Å². The number of carbonyl (C=O) groups excluding carboxylic acids is 2. The van der Waals surface area contributed by atoms with Crippen molar-refractivity contribution in [3.05, 3.63) is 11.6 Å². The molecule has 224 valence electrons. The van der Waals surface area contributed by atoms with E-state index in [0.717, 1.165) is 44.9 Å². The van der Waals surface area contributed by atoms with Crippen LogP contribution in [0.25, 0.3) is 0 Å².